The quantitative estimate of drug-likeness (QED) is 0.454. The molecule has 1 aromatic rings. The fourth-order valence-corrected chi connectivity index (χ4v) is 3.78. The van der Waals surface area contributed by atoms with Crippen LogP contribution in [0.5, 0.6) is 0 Å². The number of carbonyl (C=O) groups excluding carboxylic acids is 2. The summed E-state index contributed by atoms with van der Waals surface area (Å²) in [6.45, 7) is 5.37. The van der Waals surface area contributed by atoms with Crippen LogP contribution in [0.2, 0.25) is 0 Å². The van der Waals surface area contributed by atoms with Gasteiger partial charge in [0.1, 0.15) is 5.60 Å². The number of carbonyl (C=O) groups is 2. The van der Waals surface area contributed by atoms with Gasteiger partial charge in [-0.2, -0.15) is 4.73 Å². The number of amides is 1. The molecule has 156 valence electrons. The van der Waals surface area contributed by atoms with Crippen molar-refractivity contribution >= 4 is 11.9 Å². The predicted molar refractivity (Wildman–Crippen MR) is 106 cm³/mol. The molecule has 1 heterocycles. The number of nitrogens with zero attached hydrogens (tertiary/aromatic N) is 2. The molecule has 0 saturated heterocycles. The fraction of sp³-hybridized carbons (Fsp3) is 0.667. The van der Waals surface area contributed by atoms with E-state index in [1.807, 2.05) is 0 Å². The van der Waals surface area contributed by atoms with E-state index in [1.54, 1.807) is 50.9 Å². The third-order valence-electron chi connectivity index (χ3n) is 5.17. The Labute approximate surface area is 167 Å². The molecule has 0 bridgehead atoms. The normalized spacial score (nSPS) is 21.0. The zero-order valence-electron chi connectivity index (χ0n) is 17.4. The van der Waals surface area contributed by atoms with E-state index >= 15 is 0 Å². The van der Waals surface area contributed by atoms with Crippen LogP contribution < -0.4 is 10.5 Å². The molecular weight excluding hydrogens is 358 g/mol. The Bertz CT molecular complexity index is 686. The Balaban J connectivity index is 2.19. The molecule has 1 aliphatic rings. The molecule has 2 rings (SSSR count). The highest BCUT2D eigenvalue weighted by atomic mass is 16.6. The summed E-state index contributed by atoms with van der Waals surface area (Å²) >= 11 is 0. The fourth-order valence-electron chi connectivity index (χ4n) is 3.78. The standard InChI is InChI=1S/C21H33N3O4/c1-21(2,3)28-19(25)14-15(13-16-9-7-8-12-24(16)27)20(26)23(4)18-11-6-5-10-17(18)22/h7-9,12,15,17-18H,5-6,10-11,13-14,22H2,1-4H3/t15-,17+,18+/m1/s1. The van der Waals surface area contributed by atoms with Gasteiger partial charge in [-0.1, -0.05) is 18.9 Å². The van der Waals surface area contributed by atoms with Gasteiger partial charge in [0.05, 0.1) is 12.3 Å². The largest absolute Gasteiger partial charge is 0.619 e. The van der Waals surface area contributed by atoms with E-state index in [0.29, 0.717) is 5.69 Å². The van der Waals surface area contributed by atoms with Gasteiger partial charge in [0, 0.05) is 37.7 Å². The van der Waals surface area contributed by atoms with Crippen LogP contribution in [0.3, 0.4) is 0 Å². The van der Waals surface area contributed by atoms with E-state index in [-0.39, 0.29) is 30.8 Å². The molecule has 1 amide bonds. The van der Waals surface area contributed by atoms with Crippen LogP contribution in [0, 0.1) is 11.1 Å². The maximum atomic E-state index is 13.3. The van der Waals surface area contributed by atoms with Gasteiger partial charge in [0.2, 0.25) is 5.91 Å². The maximum Gasteiger partial charge on any atom is 0.307 e. The molecule has 0 spiro atoms. The topological polar surface area (TPSA) is 99.6 Å². The van der Waals surface area contributed by atoms with Crippen molar-refractivity contribution in [3.8, 4) is 0 Å². The summed E-state index contributed by atoms with van der Waals surface area (Å²) in [5.74, 6) is -1.28. The summed E-state index contributed by atoms with van der Waals surface area (Å²) in [5.41, 5.74) is 6.06. The first-order valence-electron chi connectivity index (χ1n) is 9.99. The van der Waals surface area contributed by atoms with Crippen molar-refractivity contribution in [1.29, 1.82) is 0 Å². The molecule has 0 radical (unpaired) electrons. The average Bonchev–Trinajstić information content (AvgIpc) is 2.60. The molecule has 0 aromatic carbocycles. The van der Waals surface area contributed by atoms with Gasteiger partial charge in [-0.3, -0.25) is 9.59 Å². The second kappa shape index (κ2) is 9.37. The number of aromatic nitrogens is 1. The van der Waals surface area contributed by atoms with E-state index in [0.717, 1.165) is 30.4 Å². The number of ether oxygens (including phenoxy) is 1. The number of likely N-dealkylation sites (N-methyl/N-ethyl adjacent to an activating group) is 1. The van der Waals surface area contributed by atoms with Crippen LogP contribution in [0.1, 0.15) is 58.6 Å². The van der Waals surface area contributed by atoms with Gasteiger partial charge in [-0.15, -0.1) is 0 Å². The second-order valence-corrected chi connectivity index (χ2v) is 8.67. The van der Waals surface area contributed by atoms with E-state index in [4.69, 9.17) is 10.5 Å². The van der Waals surface area contributed by atoms with Crippen LogP contribution in [0.4, 0.5) is 0 Å². The third kappa shape index (κ3) is 6.19. The summed E-state index contributed by atoms with van der Waals surface area (Å²) in [6, 6.07) is 4.95. The number of esters is 1. The first-order valence-corrected chi connectivity index (χ1v) is 9.99. The van der Waals surface area contributed by atoms with Crippen LogP contribution >= 0.6 is 0 Å². The van der Waals surface area contributed by atoms with Crippen LogP contribution in [-0.4, -0.2) is 41.5 Å². The van der Waals surface area contributed by atoms with Crippen LogP contribution in [0.25, 0.3) is 0 Å². The molecule has 1 fully saturated rings. The minimum Gasteiger partial charge on any atom is -0.619 e. The number of hydrogen-bond donors (Lipinski definition) is 1. The summed E-state index contributed by atoms with van der Waals surface area (Å²) < 4.78 is 6.15. The number of nitrogens with two attached hydrogens (primary N) is 1. The summed E-state index contributed by atoms with van der Waals surface area (Å²) in [7, 11) is 1.75. The number of hydrogen-bond acceptors (Lipinski definition) is 5. The van der Waals surface area contributed by atoms with Crippen molar-refractivity contribution in [2.75, 3.05) is 7.05 Å². The molecule has 1 saturated carbocycles. The SMILES string of the molecule is CN(C(=O)[C@@H](CC(=O)OC(C)(C)C)Cc1cccc[n+]1[O-])[C@H]1CCCC[C@@H]1N. The molecule has 28 heavy (non-hydrogen) atoms. The van der Waals surface area contributed by atoms with Crippen molar-refractivity contribution in [3.05, 3.63) is 35.3 Å². The van der Waals surface area contributed by atoms with Gasteiger partial charge in [-0.05, 0) is 33.6 Å². The van der Waals surface area contributed by atoms with E-state index in [1.165, 1.54) is 6.20 Å². The van der Waals surface area contributed by atoms with E-state index in [2.05, 4.69) is 0 Å². The van der Waals surface area contributed by atoms with Crippen molar-refractivity contribution in [2.24, 2.45) is 11.7 Å². The highest BCUT2D eigenvalue weighted by molar-refractivity contribution is 5.84. The van der Waals surface area contributed by atoms with Crippen molar-refractivity contribution in [3.63, 3.8) is 0 Å². The third-order valence-corrected chi connectivity index (χ3v) is 5.17. The minimum absolute atomic E-state index is 0.0439. The minimum atomic E-state index is -0.670. The molecule has 1 aromatic heterocycles. The lowest BCUT2D eigenvalue weighted by Crippen LogP contribution is -2.52. The highest BCUT2D eigenvalue weighted by Gasteiger charge is 2.35. The smallest absolute Gasteiger partial charge is 0.307 e. The lowest BCUT2D eigenvalue weighted by Gasteiger charge is -2.37. The molecule has 2 N–H and O–H groups in total. The summed E-state index contributed by atoms with van der Waals surface area (Å²) in [5, 5.41) is 12.1. The second-order valence-electron chi connectivity index (χ2n) is 8.67. The van der Waals surface area contributed by atoms with E-state index in [9.17, 15) is 14.8 Å². The summed E-state index contributed by atoms with van der Waals surface area (Å²) in [6.07, 6.45) is 5.35. The molecule has 1 aliphatic carbocycles. The number of pyridine rings is 1. The highest BCUT2D eigenvalue weighted by Crippen LogP contribution is 2.24. The lowest BCUT2D eigenvalue weighted by atomic mass is 9.88. The Kier molecular flexibility index (Phi) is 7.41. The zero-order valence-corrected chi connectivity index (χ0v) is 17.4. The van der Waals surface area contributed by atoms with Crippen LogP contribution in [0.15, 0.2) is 24.4 Å². The Morgan fingerprint density at radius 1 is 1.32 bits per heavy atom. The van der Waals surface area contributed by atoms with Gasteiger partial charge < -0.3 is 20.6 Å². The van der Waals surface area contributed by atoms with Crippen molar-refractivity contribution < 1.29 is 19.1 Å². The molecule has 0 unspecified atom stereocenters. The Morgan fingerprint density at radius 3 is 2.61 bits per heavy atom. The Morgan fingerprint density at radius 2 is 2.00 bits per heavy atom. The van der Waals surface area contributed by atoms with Gasteiger partial charge in [0.15, 0.2) is 11.9 Å². The molecule has 0 aliphatic heterocycles. The zero-order chi connectivity index (χ0) is 20.9. The van der Waals surface area contributed by atoms with Gasteiger partial charge in [-0.25, -0.2) is 0 Å². The van der Waals surface area contributed by atoms with E-state index < -0.39 is 17.5 Å². The first-order chi connectivity index (χ1) is 13.1. The lowest BCUT2D eigenvalue weighted by molar-refractivity contribution is -0.614. The average molecular weight is 392 g/mol. The molecular formula is C21H33N3O4. The molecule has 3 atom stereocenters. The molecule has 7 heteroatoms. The van der Waals surface area contributed by atoms with Crippen molar-refractivity contribution in [1.82, 2.24) is 4.90 Å². The predicted octanol–water partition coefficient (Wildman–Crippen LogP) is 1.94. The van der Waals surface area contributed by atoms with Crippen LogP contribution in [-0.2, 0) is 20.7 Å². The summed E-state index contributed by atoms with van der Waals surface area (Å²) in [4.78, 5) is 27.3. The first kappa shape index (κ1) is 22.1. The van der Waals surface area contributed by atoms with Gasteiger partial charge in [0.25, 0.3) is 0 Å². The molecule has 7 nitrogen and oxygen atoms in total. The maximum absolute atomic E-state index is 13.3. The van der Waals surface area contributed by atoms with Crippen molar-refractivity contribution in [2.45, 2.75) is 77.0 Å². The monoisotopic (exact) mass is 391 g/mol. The van der Waals surface area contributed by atoms with Gasteiger partial charge >= 0.3 is 5.97 Å². The Hall–Kier alpha value is -2.15. The number of rotatable bonds is 6.